The van der Waals surface area contributed by atoms with Crippen LogP contribution >= 0.6 is 35.1 Å². The summed E-state index contributed by atoms with van der Waals surface area (Å²) in [6.45, 7) is 0. The molecule has 0 radical (unpaired) electrons. The highest BCUT2D eigenvalue weighted by Crippen LogP contribution is 2.67. The number of rotatable bonds is 1. The van der Waals surface area contributed by atoms with Crippen LogP contribution in [0, 0.1) is 5.41 Å². The van der Waals surface area contributed by atoms with E-state index in [2.05, 4.69) is 4.90 Å². The molecular formula is C28H20ClNO3S2. The van der Waals surface area contributed by atoms with Crippen molar-refractivity contribution in [3.63, 3.8) is 0 Å². The van der Waals surface area contributed by atoms with Gasteiger partial charge in [-0.05, 0) is 17.7 Å². The van der Waals surface area contributed by atoms with Gasteiger partial charge in [0.15, 0.2) is 22.9 Å². The fourth-order valence-corrected chi connectivity index (χ4v) is 9.85. The first-order chi connectivity index (χ1) is 17.0. The molecule has 1 aliphatic carbocycles. The number of halogens is 1. The zero-order chi connectivity index (χ0) is 23.9. The summed E-state index contributed by atoms with van der Waals surface area (Å²) in [6, 6.07) is 22.0. The molecule has 3 aromatic carbocycles. The highest BCUT2D eigenvalue weighted by Gasteiger charge is 2.80. The van der Waals surface area contributed by atoms with Crippen molar-refractivity contribution in [2.45, 2.75) is 22.4 Å². The summed E-state index contributed by atoms with van der Waals surface area (Å²) in [6.07, 6.45) is 0. The molecule has 0 aromatic heterocycles. The molecule has 4 aliphatic rings. The van der Waals surface area contributed by atoms with E-state index in [9.17, 15) is 14.4 Å². The number of Topliss-reactive ketones (excluding diaryl/α,β-unsaturated/α-hetero) is 3. The molecule has 0 bridgehead atoms. The molecule has 0 unspecified atom stereocenters. The van der Waals surface area contributed by atoms with Crippen molar-refractivity contribution in [2.75, 3.05) is 17.4 Å². The number of carbonyl (C=O) groups excluding carboxylic acids is 3. The molecule has 4 nitrogen and oxygen atoms in total. The zero-order valence-electron chi connectivity index (χ0n) is 18.6. The van der Waals surface area contributed by atoms with Crippen LogP contribution in [0.3, 0.4) is 0 Å². The van der Waals surface area contributed by atoms with Gasteiger partial charge in [-0.15, -0.1) is 23.5 Å². The number of benzene rings is 3. The second-order valence-corrected chi connectivity index (χ2v) is 12.0. The van der Waals surface area contributed by atoms with Gasteiger partial charge in [-0.25, -0.2) is 0 Å². The molecule has 7 heteroatoms. The Kier molecular flexibility index (Phi) is 4.72. The van der Waals surface area contributed by atoms with Gasteiger partial charge in [-0.3, -0.25) is 19.3 Å². The van der Waals surface area contributed by atoms with Gasteiger partial charge in [0.25, 0.3) is 0 Å². The van der Waals surface area contributed by atoms with E-state index in [1.165, 1.54) is 0 Å². The predicted octanol–water partition coefficient (Wildman–Crippen LogP) is 5.61. The second-order valence-electron chi connectivity index (χ2n) is 9.54. The third kappa shape index (κ3) is 2.49. The van der Waals surface area contributed by atoms with Crippen LogP contribution in [0.5, 0.6) is 0 Å². The molecule has 0 N–H and O–H groups in total. The van der Waals surface area contributed by atoms with E-state index in [1.807, 2.05) is 48.5 Å². The van der Waals surface area contributed by atoms with E-state index in [1.54, 1.807) is 47.8 Å². The maximum absolute atomic E-state index is 14.8. The monoisotopic (exact) mass is 517 g/mol. The topological polar surface area (TPSA) is 54.5 Å². The van der Waals surface area contributed by atoms with Crippen LogP contribution in [0.25, 0.3) is 0 Å². The molecule has 174 valence electrons. The van der Waals surface area contributed by atoms with Crippen LogP contribution in [-0.4, -0.2) is 51.2 Å². The van der Waals surface area contributed by atoms with E-state index in [-0.39, 0.29) is 29.3 Å². The molecule has 3 aromatic rings. The van der Waals surface area contributed by atoms with Gasteiger partial charge in [-0.2, -0.15) is 0 Å². The summed E-state index contributed by atoms with van der Waals surface area (Å²) < 4.78 is 0. The maximum atomic E-state index is 14.8. The van der Waals surface area contributed by atoms with Gasteiger partial charge >= 0.3 is 0 Å². The average molecular weight is 518 g/mol. The standard InChI is InChI=1S/C28H20ClNO3S2/c29-20-11-5-3-9-18(20)23-21-13-34-15-30(21)28(25(32)16-7-1-2-8-17(16)26(28)33)27(23)14-35-22-12-6-4-10-19(22)24(27)31/h1-12,21,23H,13-15H2/t21-,23-,27-/m1/s1. The summed E-state index contributed by atoms with van der Waals surface area (Å²) in [4.78, 5) is 46.7. The van der Waals surface area contributed by atoms with Crippen LogP contribution in [-0.2, 0) is 0 Å². The van der Waals surface area contributed by atoms with Crippen molar-refractivity contribution >= 4 is 52.5 Å². The summed E-state index contributed by atoms with van der Waals surface area (Å²) in [7, 11) is 0. The van der Waals surface area contributed by atoms with E-state index >= 15 is 0 Å². The minimum absolute atomic E-state index is 0.120. The van der Waals surface area contributed by atoms with Crippen molar-refractivity contribution in [3.8, 4) is 0 Å². The Bertz CT molecular complexity index is 1420. The summed E-state index contributed by atoms with van der Waals surface area (Å²) in [5.41, 5.74) is -0.575. The third-order valence-electron chi connectivity index (χ3n) is 8.22. The molecule has 7 rings (SSSR count). The van der Waals surface area contributed by atoms with E-state index in [0.29, 0.717) is 33.3 Å². The van der Waals surface area contributed by atoms with Gasteiger partial charge in [-0.1, -0.05) is 72.3 Å². The largest absolute Gasteiger partial charge is 0.293 e. The highest BCUT2D eigenvalue weighted by molar-refractivity contribution is 7.99. The van der Waals surface area contributed by atoms with Crippen LogP contribution in [0.4, 0.5) is 0 Å². The minimum Gasteiger partial charge on any atom is -0.293 e. The first-order valence-electron chi connectivity index (χ1n) is 11.6. The van der Waals surface area contributed by atoms with Crippen molar-refractivity contribution in [2.24, 2.45) is 5.41 Å². The number of carbonyl (C=O) groups is 3. The van der Waals surface area contributed by atoms with E-state index < -0.39 is 11.0 Å². The Morgan fingerprint density at radius 3 is 2.14 bits per heavy atom. The molecule has 2 spiro atoms. The summed E-state index contributed by atoms with van der Waals surface area (Å²) in [5.74, 6) is 0.616. The maximum Gasteiger partial charge on any atom is 0.192 e. The first-order valence-corrected chi connectivity index (χ1v) is 14.1. The third-order valence-corrected chi connectivity index (χ3v) is 10.9. The van der Waals surface area contributed by atoms with E-state index in [0.717, 1.165) is 16.2 Å². The molecule has 0 amide bonds. The normalized spacial score (nSPS) is 28.5. The average Bonchev–Trinajstić information content (AvgIpc) is 3.51. The predicted molar refractivity (Wildman–Crippen MR) is 139 cm³/mol. The molecule has 3 aliphatic heterocycles. The Morgan fingerprint density at radius 1 is 0.800 bits per heavy atom. The lowest BCUT2D eigenvalue weighted by molar-refractivity contribution is 0.0340. The molecule has 2 fully saturated rings. The fraction of sp³-hybridized carbons (Fsp3) is 0.250. The molecular weight excluding hydrogens is 498 g/mol. The molecule has 0 saturated carbocycles. The lowest BCUT2D eigenvalue weighted by Crippen LogP contribution is -2.66. The molecule has 3 heterocycles. The van der Waals surface area contributed by atoms with Gasteiger partial charge in [0, 0.05) is 56.0 Å². The fourth-order valence-electron chi connectivity index (χ4n) is 6.90. The van der Waals surface area contributed by atoms with Crippen LogP contribution in [0.1, 0.15) is 42.6 Å². The molecule has 2 saturated heterocycles. The van der Waals surface area contributed by atoms with E-state index in [4.69, 9.17) is 11.6 Å². The van der Waals surface area contributed by atoms with Gasteiger partial charge in [0.2, 0.25) is 0 Å². The number of fused-ring (bicyclic) bond motifs is 5. The van der Waals surface area contributed by atoms with Crippen molar-refractivity contribution in [1.82, 2.24) is 4.90 Å². The van der Waals surface area contributed by atoms with Gasteiger partial charge in [0.05, 0.1) is 5.41 Å². The van der Waals surface area contributed by atoms with Gasteiger partial charge in [0.1, 0.15) is 0 Å². The molecule has 3 atom stereocenters. The quantitative estimate of drug-likeness (QED) is 0.391. The smallest absolute Gasteiger partial charge is 0.192 e. The lowest BCUT2D eigenvalue weighted by Gasteiger charge is -2.47. The summed E-state index contributed by atoms with van der Waals surface area (Å²) in [5, 5.41) is 0.567. The highest BCUT2D eigenvalue weighted by atomic mass is 35.5. The summed E-state index contributed by atoms with van der Waals surface area (Å²) >= 11 is 10.1. The van der Waals surface area contributed by atoms with Crippen molar-refractivity contribution < 1.29 is 14.4 Å². The Balaban J connectivity index is 1.58. The number of hydrogen-bond donors (Lipinski definition) is 0. The number of nitrogens with zero attached hydrogens (tertiary/aromatic N) is 1. The minimum atomic E-state index is -1.58. The van der Waals surface area contributed by atoms with Gasteiger partial charge < -0.3 is 0 Å². The molecule has 35 heavy (non-hydrogen) atoms. The van der Waals surface area contributed by atoms with Crippen LogP contribution < -0.4 is 0 Å². The SMILES string of the molecule is O=C1c2ccccc2C(=O)C12N1CSC[C@@H]1[C@@H](c1ccccc1Cl)[C@@]21CSc2ccccc2C1=O. The van der Waals surface area contributed by atoms with Crippen molar-refractivity contribution in [1.29, 1.82) is 0 Å². The number of ketones is 3. The Hall–Kier alpha value is -2.38. The van der Waals surface area contributed by atoms with Crippen LogP contribution in [0.15, 0.2) is 77.7 Å². The van der Waals surface area contributed by atoms with Crippen LogP contribution in [0.2, 0.25) is 5.02 Å². The van der Waals surface area contributed by atoms with Crippen molar-refractivity contribution in [3.05, 3.63) is 100 Å². The Labute approximate surface area is 216 Å². The lowest BCUT2D eigenvalue weighted by atomic mass is 9.58. The number of thioether (sulfide) groups is 2. The second kappa shape index (κ2) is 7.56. The Morgan fingerprint density at radius 2 is 1.43 bits per heavy atom. The zero-order valence-corrected chi connectivity index (χ0v) is 21.0. The first kappa shape index (κ1) is 21.9. The number of hydrogen-bond acceptors (Lipinski definition) is 6.